The van der Waals surface area contributed by atoms with Gasteiger partial charge in [0.1, 0.15) is 0 Å². The molecule has 96 valence electrons. The Balaban J connectivity index is 1.71. The number of aliphatic hydroxyl groups is 1. The van der Waals surface area contributed by atoms with Crippen LogP contribution in [0.5, 0.6) is 0 Å². The molecule has 3 rings (SSSR count). The number of hydrogen-bond acceptors (Lipinski definition) is 1. The van der Waals surface area contributed by atoms with Crippen LogP contribution in [0.3, 0.4) is 0 Å². The van der Waals surface area contributed by atoms with Gasteiger partial charge in [-0.15, -0.1) is 0 Å². The maximum absolute atomic E-state index is 10.6. The van der Waals surface area contributed by atoms with E-state index in [1.54, 1.807) is 5.57 Å². The molecule has 0 saturated heterocycles. The first-order valence-corrected chi connectivity index (χ1v) is 7.75. The van der Waals surface area contributed by atoms with E-state index in [0.29, 0.717) is 5.92 Å². The fourth-order valence-corrected chi connectivity index (χ4v) is 4.45. The Kier molecular flexibility index (Phi) is 3.56. The Labute approximate surface area is 105 Å². The second kappa shape index (κ2) is 5.14. The molecule has 1 N–H and O–H groups in total. The van der Waals surface area contributed by atoms with Crippen LogP contribution in [-0.4, -0.2) is 11.2 Å². The van der Waals surface area contributed by atoms with Gasteiger partial charge in [-0.05, 0) is 55.9 Å². The van der Waals surface area contributed by atoms with Crippen molar-refractivity contribution in [2.24, 2.45) is 11.8 Å². The van der Waals surface area contributed by atoms with Gasteiger partial charge < -0.3 is 5.11 Å². The standard InChI is InChI=1S/C16H26O/c17-16-14(12-6-2-1-3-7-12)10-11-15(16)13-8-4-5-9-13/h13,15-17H,1-11H2. The Morgan fingerprint density at radius 3 is 2.18 bits per heavy atom. The van der Waals surface area contributed by atoms with E-state index < -0.39 is 0 Å². The summed E-state index contributed by atoms with van der Waals surface area (Å²) in [5.74, 6) is 1.45. The number of aliphatic hydroxyl groups excluding tert-OH is 1. The zero-order valence-corrected chi connectivity index (χ0v) is 11.0. The first kappa shape index (κ1) is 11.8. The number of allylic oxidation sites excluding steroid dienone is 1. The predicted molar refractivity (Wildman–Crippen MR) is 70.8 cm³/mol. The molecule has 0 aromatic heterocycles. The van der Waals surface area contributed by atoms with Gasteiger partial charge in [0, 0.05) is 0 Å². The highest BCUT2D eigenvalue weighted by Gasteiger charge is 2.37. The van der Waals surface area contributed by atoms with Gasteiger partial charge in [0.25, 0.3) is 0 Å². The summed E-state index contributed by atoms with van der Waals surface area (Å²) in [5, 5.41) is 10.6. The molecule has 0 aromatic rings. The highest BCUT2D eigenvalue weighted by Crippen LogP contribution is 2.45. The summed E-state index contributed by atoms with van der Waals surface area (Å²) in [5.41, 5.74) is 3.12. The van der Waals surface area contributed by atoms with Crippen LogP contribution in [0.15, 0.2) is 11.1 Å². The van der Waals surface area contributed by atoms with Crippen LogP contribution in [0.2, 0.25) is 0 Å². The summed E-state index contributed by atoms with van der Waals surface area (Å²) in [7, 11) is 0. The number of rotatable bonds is 1. The van der Waals surface area contributed by atoms with Crippen LogP contribution in [0, 0.1) is 11.8 Å². The van der Waals surface area contributed by atoms with Crippen LogP contribution in [-0.2, 0) is 0 Å². The third kappa shape index (κ3) is 2.31. The SMILES string of the molecule is OC1C(=C2CCCCC2)CCC1C1CCCC1. The zero-order valence-electron chi connectivity index (χ0n) is 11.0. The highest BCUT2D eigenvalue weighted by molar-refractivity contribution is 5.24. The Hall–Kier alpha value is -0.300. The van der Waals surface area contributed by atoms with Gasteiger partial charge in [-0.25, -0.2) is 0 Å². The molecule has 3 aliphatic carbocycles. The molecular formula is C16H26O. The molecule has 17 heavy (non-hydrogen) atoms. The average molecular weight is 234 g/mol. The zero-order chi connectivity index (χ0) is 11.7. The third-order valence-corrected chi connectivity index (χ3v) is 5.43. The average Bonchev–Trinajstić information content (AvgIpc) is 2.99. The summed E-state index contributed by atoms with van der Waals surface area (Å²) < 4.78 is 0. The predicted octanol–water partition coefficient (Wildman–Crippen LogP) is 4.21. The Morgan fingerprint density at radius 2 is 1.47 bits per heavy atom. The van der Waals surface area contributed by atoms with Gasteiger partial charge >= 0.3 is 0 Å². The molecule has 0 radical (unpaired) electrons. The molecule has 2 atom stereocenters. The smallest absolute Gasteiger partial charge is 0.0783 e. The molecule has 3 fully saturated rings. The van der Waals surface area contributed by atoms with Crippen molar-refractivity contribution in [1.82, 2.24) is 0 Å². The van der Waals surface area contributed by atoms with E-state index >= 15 is 0 Å². The molecule has 1 heteroatoms. The first-order chi connectivity index (χ1) is 8.36. The van der Waals surface area contributed by atoms with E-state index in [9.17, 15) is 5.11 Å². The van der Waals surface area contributed by atoms with Crippen molar-refractivity contribution in [1.29, 1.82) is 0 Å². The van der Waals surface area contributed by atoms with Gasteiger partial charge in [0.05, 0.1) is 6.10 Å². The van der Waals surface area contributed by atoms with E-state index in [0.717, 1.165) is 5.92 Å². The van der Waals surface area contributed by atoms with Crippen LogP contribution >= 0.6 is 0 Å². The van der Waals surface area contributed by atoms with Gasteiger partial charge in [-0.2, -0.15) is 0 Å². The van der Waals surface area contributed by atoms with E-state index in [2.05, 4.69) is 0 Å². The molecule has 0 bridgehead atoms. The normalized spacial score (nSPS) is 35.8. The van der Waals surface area contributed by atoms with Crippen LogP contribution in [0.4, 0.5) is 0 Å². The van der Waals surface area contributed by atoms with E-state index in [-0.39, 0.29) is 6.10 Å². The quantitative estimate of drug-likeness (QED) is 0.674. The Morgan fingerprint density at radius 1 is 0.765 bits per heavy atom. The summed E-state index contributed by atoms with van der Waals surface area (Å²) in [6.07, 6.45) is 14.7. The van der Waals surface area contributed by atoms with E-state index in [4.69, 9.17) is 0 Å². The molecule has 1 nitrogen and oxygen atoms in total. The molecule has 2 unspecified atom stereocenters. The summed E-state index contributed by atoms with van der Waals surface area (Å²) in [6, 6.07) is 0. The monoisotopic (exact) mass is 234 g/mol. The van der Waals surface area contributed by atoms with Crippen molar-refractivity contribution in [2.45, 2.75) is 76.7 Å². The lowest BCUT2D eigenvalue weighted by molar-refractivity contribution is 0.123. The molecule has 3 aliphatic rings. The lowest BCUT2D eigenvalue weighted by atomic mass is 9.85. The molecular weight excluding hydrogens is 208 g/mol. The lowest BCUT2D eigenvalue weighted by Crippen LogP contribution is -2.22. The third-order valence-electron chi connectivity index (χ3n) is 5.43. The highest BCUT2D eigenvalue weighted by atomic mass is 16.3. The topological polar surface area (TPSA) is 20.2 Å². The van der Waals surface area contributed by atoms with Crippen molar-refractivity contribution in [3.63, 3.8) is 0 Å². The molecule has 0 spiro atoms. The minimum Gasteiger partial charge on any atom is -0.388 e. The largest absolute Gasteiger partial charge is 0.388 e. The van der Waals surface area contributed by atoms with E-state index in [1.165, 1.54) is 76.2 Å². The number of hydrogen-bond donors (Lipinski definition) is 1. The van der Waals surface area contributed by atoms with Gasteiger partial charge in [0.2, 0.25) is 0 Å². The lowest BCUT2D eigenvalue weighted by Gasteiger charge is -2.24. The minimum atomic E-state index is -0.0637. The molecule has 0 amide bonds. The summed E-state index contributed by atoms with van der Waals surface area (Å²) >= 11 is 0. The second-order valence-electron chi connectivity index (χ2n) is 6.38. The fourth-order valence-electron chi connectivity index (χ4n) is 4.45. The van der Waals surface area contributed by atoms with Crippen molar-refractivity contribution < 1.29 is 5.11 Å². The van der Waals surface area contributed by atoms with Gasteiger partial charge in [0.15, 0.2) is 0 Å². The van der Waals surface area contributed by atoms with Crippen LogP contribution < -0.4 is 0 Å². The Bertz CT molecular complexity index is 291. The minimum absolute atomic E-state index is 0.0637. The van der Waals surface area contributed by atoms with Gasteiger partial charge in [-0.1, -0.05) is 37.7 Å². The van der Waals surface area contributed by atoms with Crippen molar-refractivity contribution in [3.8, 4) is 0 Å². The second-order valence-corrected chi connectivity index (χ2v) is 6.38. The first-order valence-electron chi connectivity index (χ1n) is 7.75. The van der Waals surface area contributed by atoms with Crippen LogP contribution in [0.25, 0.3) is 0 Å². The molecule has 3 saturated carbocycles. The molecule has 0 aromatic carbocycles. The molecule has 0 aliphatic heterocycles. The maximum atomic E-state index is 10.6. The maximum Gasteiger partial charge on any atom is 0.0783 e. The molecule has 0 heterocycles. The fraction of sp³-hybridized carbons (Fsp3) is 0.875. The summed E-state index contributed by atoms with van der Waals surface area (Å²) in [6.45, 7) is 0. The van der Waals surface area contributed by atoms with Crippen molar-refractivity contribution >= 4 is 0 Å². The van der Waals surface area contributed by atoms with E-state index in [1.807, 2.05) is 0 Å². The van der Waals surface area contributed by atoms with Crippen molar-refractivity contribution in [2.75, 3.05) is 0 Å². The van der Waals surface area contributed by atoms with Crippen LogP contribution in [0.1, 0.15) is 70.6 Å². The summed E-state index contributed by atoms with van der Waals surface area (Å²) in [4.78, 5) is 0. The van der Waals surface area contributed by atoms with Crippen molar-refractivity contribution in [3.05, 3.63) is 11.1 Å². The van der Waals surface area contributed by atoms with Gasteiger partial charge in [-0.3, -0.25) is 0 Å².